The van der Waals surface area contributed by atoms with Crippen LogP contribution in [0.15, 0.2) is 47.0 Å². The van der Waals surface area contributed by atoms with Gasteiger partial charge in [-0.3, -0.25) is 14.6 Å². The van der Waals surface area contributed by atoms with E-state index in [1.807, 2.05) is 18.2 Å². The Morgan fingerprint density at radius 1 is 0.947 bits per heavy atom. The Morgan fingerprint density at radius 3 is 2.45 bits per heavy atom. The third-order valence-corrected chi connectivity index (χ3v) is 7.44. The minimum absolute atomic E-state index is 0.0496. The predicted molar refractivity (Wildman–Crippen MR) is 144 cm³/mol. The standard InChI is InChI=1S/C29H37N5O4/c1-36-25-12-11-23(16-26(25)37-2)28-31-27(38-32-28)20-34-15-5-6-24(19-34)29(35)30-17-21-7-9-22(10-8-21)18-33-13-3-4-14-33/h7-12,16,24H,3-6,13-15,17-20H2,1-2H3,(H,30,35). The molecule has 3 aromatic rings. The van der Waals surface area contributed by atoms with Crippen LogP contribution in [-0.4, -0.2) is 66.2 Å². The normalized spacial score (nSPS) is 18.4. The first-order valence-electron chi connectivity index (χ1n) is 13.5. The van der Waals surface area contributed by atoms with E-state index in [2.05, 4.69) is 49.5 Å². The molecule has 5 rings (SSSR count). The number of nitrogens with zero attached hydrogens (tertiary/aromatic N) is 4. The highest BCUT2D eigenvalue weighted by molar-refractivity contribution is 5.79. The number of hydrogen-bond donors (Lipinski definition) is 1. The number of likely N-dealkylation sites (tertiary alicyclic amines) is 2. The number of benzene rings is 2. The van der Waals surface area contributed by atoms with Crippen molar-refractivity contribution in [3.05, 3.63) is 59.5 Å². The van der Waals surface area contributed by atoms with E-state index < -0.39 is 0 Å². The molecule has 2 saturated heterocycles. The van der Waals surface area contributed by atoms with Crippen molar-refractivity contribution in [2.75, 3.05) is 40.4 Å². The molecule has 0 aliphatic carbocycles. The van der Waals surface area contributed by atoms with Crippen LogP contribution >= 0.6 is 0 Å². The second-order valence-corrected chi connectivity index (χ2v) is 10.2. The lowest BCUT2D eigenvalue weighted by atomic mass is 9.97. The van der Waals surface area contributed by atoms with E-state index in [4.69, 9.17) is 14.0 Å². The fraction of sp³-hybridized carbons (Fsp3) is 0.483. The lowest BCUT2D eigenvalue weighted by Gasteiger charge is -2.30. The number of nitrogens with one attached hydrogen (secondary N) is 1. The van der Waals surface area contributed by atoms with Gasteiger partial charge in [0, 0.05) is 25.2 Å². The molecular weight excluding hydrogens is 482 g/mol. The van der Waals surface area contributed by atoms with Gasteiger partial charge in [-0.05, 0) is 74.6 Å². The lowest BCUT2D eigenvalue weighted by molar-refractivity contribution is -0.127. The Bertz CT molecular complexity index is 1210. The van der Waals surface area contributed by atoms with Crippen molar-refractivity contribution in [2.45, 2.75) is 45.3 Å². The summed E-state index contributed by atoms with van der Waals surface area (Å²) in [5.74, 6) is 2.34. The molecule has 2 aliphatic rings. The summed E-state index contributed by atoms with van der Waals surface area (Å²) in [5.41, 5.74) is 3.25. The molecule has 9 heteroatoms. The number of piperidine rings is 1. The maximum Gasteiger partial charge on any atom is 0.241 e. The molecule has 1 N–H and O–H groups in total. The summed E-state index contributed by atoms with van der Waals surface area (Å²) in [6.45, 7) is 6.05. The first-order valence-corrected chi connectivity index (χ1v) is 13.5. The van der Waals surface area contributed by atoms with E-state index in [-0.39, 0.29) is 11.8 Å². The van der Waals surface area contributed by atoms with Crippen molar-refractivity contribution in [2.24, 2.45) is 5.92 Å². The molecule has 1 atom stereocenters. The van der Waals surface area contributed by atoms with Crippen LogP contribution in [0.3, 0.4) is 0 Å². The smallest absolute Gasteiger partial charge is 0.241 e. The van der Waals surface area contributed by atoms with E-state index >= 15 is 0 Å². The molecule has 9 nitrogen and oxygen atoms in total. The van der Waals surface area contributed by atoms with Gasteiger partial charge >= 0.3 is 0 Å². The number of hydrogen-bond acceptors (Lipinski definition) is 8. The van der Waals surface area contributed by atoms with E-state index in [0.717, 1.165) is 37.1 Å². The third kappa shape index (κ3) is 6.52. The molecule has 1 unspecified atom stereocenters. The van der Waals surface area contributed by atoms with Crippen molar-refractivity contribution in [3.63, 3.8) is 0 Å². The SMILES string of the molecule is COc1ccc(-c2noc(CN3CCCC(C(=O)NCc4ccc(CN5CCCC5)cc4)C3)n2)cc1OC. The Labute approximate surface area is 224 Å². The molecule has 202 valence electrons. The van der Waals surface area contributed by atoms with Crippen LogP contribution in [0.5, 0.6) is 11.5 Å². The molecule has 1 amide bonds. The summed E-state index contributed by atoms with van der Waals surface area (Å²) < 4.78 is 16.2. The zero-order chi connectivity index (χ0) is 26.3. The van der Waals surface area contributed by atoms with Gasteiger partial charge in [0.05, 0.1) is 26.7 Å². The van der Waals surface area contributed by atoms with Crippen LogP contribution in [0.25, 0.3) is 11.4 Å². The second-order valence-electron chi connectivity index (χ2n) is 10.2. The number of aromatic nitrogens is 2. The van der Waals surface area contributed by atoms with Crippen LogP contribution in [-0.2, 0) is 24.4 Å². The fourth-order valence-corrected chi connectivity index (χ4v) is 5.31. The third-order valence-electron chi connectivity index (χ3n) is 7.44. The van der Waals surface area contributed by atoms with Gasteiger partial charge in [0.2, 0.25) is 17.6 Å². The number of methoxy groups -OCH3 is 2. The highest BCUT2D eigenvalue weighted by atomic mass is 16.5. The van der Waals surface area contributed by atoms with Gasteiger partial charge in [0.25, 0.3) is 0 Å². The quantitative estimate of drug-likeness (QED) is 0.432. The second kappa shape index (κ2) is 12.4. The largest absolute Gasteiger partial charge is 0.493 e. The Balaban J connectivity index is 1.11. The van der Waals surface area contributed by atoms with Crippen LogP contribution in [0.4, 0.5) is 0 Å². The Kier molecular flexibility index (Phi) is 8.55. The van der Waals surface area contributed by atoms with Gasteiger partial charge in [0.1, 0.15) is 0 Å². The average Bonchev–Trinajstić information content (AvgIpc) is 3.65. The summed E-state index contributed by atoms with van der Waals surface area (Å²) in [4.78, 5) is 22.2. The van der Waals surface area contributed by atoms with Gasteiger partial charge in [-0.1, -0.05) is 29.4 Å². The maximum atomic E-state index is 13.0. The van der Waals surface area contributed by atoms with Crippen molar-refractivity contribution >= 4 is 5.91 Å². The summed E-state index contributed by atoms with van der Waals surface area (Å²) in [6, 6.07) is 14.1. The first-order chi connectivity index (χ1) is 18.6. The first kappa shape index (κ1) is 26.2. The fourth-order valence-electron chi connectivity index (χ4n) is 5.31. The van der Waals surface area contributed by atoms with E-state index in [1.54, 1.807) is 14.2 Å². The molecule has 2 aromatic carbocycles. The number of amides is 1. The summed E-state index contributed by atoms with van der Waals surface area (Å²) in [6.07, 6.45) is 4.45. The van der Waals surface area contributed by atoms with Crippen LogP contribution in [0.2, 0.25) is 0 Å². The number of ether oxygens (including phenoxy) is 2. The minimum atomic E-state index is -0.0496. The summed E-state index contributed by atoms with van der Waals surface area (Å²) >= 11 is 0. The molecule has 2 aliphatic heterocycles. The van der Waals surface area contributed by atoms with Gasteiger partial charge in [-0.15, -0.1) is 0 Å². The minimum Gasteiger partial charge on any atom is -0.493 e. The van der Waals surface area contributed by atoms with Crippen molar-refractivity contribution in [3.8, 4) is 22.9 Å². The van der Waals surface area contributed by atoms with E-state index in [0.29, 0.717) is 42.8 Å². The number of carbonyl (C=O) groups is 1. The van der Waals surface area contributed by atoms with Crippen LogP contribution < -0.4 is 14.8 Å². The zero-order valence-electron chi connectivity index (χ0n) is 22.3. The number of carbonyl (C=O) groups excluding carboxylic acids is 1. The average molecular weight is 520 g/mol. The molecule has 0 radical (unpaired) electrons. The monoisotopic (exact) mass is 519 g/mol. The zero-order valence-corrected chi connectivity index (χ0v) is 22.3. The van der Waals surface area contributed by atoms with Crippen LogP contribution in [0.1, 0.15) is 42.7 Å². The molecule has 0 bridgehead atoms. The van der Waals surface area contributed by atoms with Gasteiger partial charge in [0.15, 0.2) is 11.5 Å². The van der Waals surface area contributed by atoms with E-state index in [9.17, 15) is 4.79 Å². The molecule has 1 aromatic heterocycles. The van der Waals surface area contributed by atoms with Crippen molar-refractivity contribution in [1.82, 2.24) is 25.3 Å². The molecule has 38 heavy (non-hydrogen) atoms. The lowest BCUT2D eigenvalue weighted by Crippen LogP contribution is -2.42. The van der Waals surface area contributed by atoms with Crippen LogP contribution in [0, 0.1) is 5.92 Å². The summed E-state index contributed by atoms with van der Waals surface area (Å²) in [7, 11) is 3.20. The van der Waals surface area contributed by atoms with Gasteiger partial charge in [-0.2, -0.15) is 4.98 Å². The Morgan fingerprint density at radius 2 is 1.68 bits per heavy atom. The molecular formula is C29H37N5O4. The summed E-state index contributed by atoms with van der Waals surface area (Å²) in [5, 5.41) is 7.29. The highest BCUT2D eigenvalue weighted by Gasteiger charge is 2.27. The molecule has 3 heterocycles. The van der Waals surface area contributed by atoms with Crippen molar-refractivity contribution < 1.29 is 18.8 Å². The van der Waals surface area contributed by atoms with Crippen molar-refractivity contribution in [1.29, 1.82) is 0 Å². The van der Waals surface area contributed by atoms with Gasteiger partial charge < -0.3 is 19.3 Å². The van der Waals surface area contributed by atoms with E-state index in [1.165, 1.54) is 31.5 Å². The molecule has 0 saturated carbocycles. The topological polar surface area (TPSA) is 93.0 Å². The molecule has 2 fully saturated rings. The Hall–Kier alpha value is -3.43. The predicted octanol–water partition coefficient (Wildman–Crippen LogP) is 3.88. The molecule has 0 spiro atoms. The highest BCUT2D eigenvalue weighted by Crippen LogP contribution is 2.31. The van der Waals surface area contributed by atoms with Gasteiger partial charge in [-0.25, -0.2) is 0 Å². The maximum absolute atomic E-state index is 13.0. The number of rotatable bonds is 10.